The lowest BCUT2D eigenvalue weighted by atomic mass is 10.1. The number of halogens is 2. The van der Waals surface area contributed by atoms with E-state index >= 15 is 0 Å². The van der Waals surface area contributed by atoms with Crippen LogP contribution in [0.1, 0.15) is 20.8 Å². The van der Waals surface area contributed by atoms with Gasteiger partial charge in [0.2, 0.25) is 0 Å². The number of hydrogen-bond acceptors (Lipinski definition) is 4. The first kappa shape index (κ1) is 13.7. The van der Waals surface area contributed by atoms with Crippen LogP contribution in [0.15, 0.2) is 0 Å². The first-order chi connectivity index (χ1) is 7.53. The van der Waals surface area contributed by atoms with E-state index in [4.69, 9.17) is 4.74 Å². The van der Waals surface area contributed by atoms with Crippen molar-refractivity contribution in [1.29, 1.82) is 0 Å². The van der Waals surface area contributed by atoms with Crippen LogP contribution >= 0.6 is 0 Å². The van der Waals surface area contributed by atoms with Gasteiger partial charge in [0, 0.05) is 6.54 Å². The lowest BCUT2D eigenvalue weighted by Crippen LogP contribution is -2.41. The van der Waals surface area contributed by atoms with Gasteiger partial charge in [-0.3, -0.25) is 0 Å². The minimum Gasteiger partial charge on any atom is -0.550 e. The predicted octanol–water partition coefficient (Wildman–Crippen LogP) is 0.238. The lowest BCUT2D eigenvalue weighted by molar-refractivity contribution is -0.316. The number of carboxylic acids is 1. The van der Waals surface area contributed by atoms with Gasteiger partial charge in [-0.05, 0) is 20.8 Å². The van der Waals surface area contributed by atoms with E-state index in [1.54, 1.807) is 20.8 Å². The molecule has 1 saturated heterocycles. The summed E-state index contributed by atoms with van der Waals surface area (Å²) in [5.74, 6) is -7.31. The fraction of sp³-hybridized carbons (Fsp3) is 0.800. The molecule has 1 aliphatic heterocycles. The Labute approximate surface area is 97.3 Å². The normalized spacial score (nSPS) is 23.6. The largest absolute Gasteiger partial charge is 0.550 e. The van der Waals surface area contributed by atoms with Crippen molar-refractivity contribution in [1.82, 2.24) is 4.90 Å². The van der Waals surface area contributed by atoms with Crippen molar-refractivity contribution in [3.8, 4) is 0 Å². The third kappa shape index (κ3) is 3.28. The Hall–Kier alpha value is -1.40. The third-order valence-corrected chi connectivity index (χ3v) is 2.25. The summed E-state index contributed by atoms with van der Waals surface area (Å²) < 4.78 is 31.3. The summed E-state index contributed by atoms with van der Waals surface area (Å²) in [6.07, 6.45) is -0.944. The van der Waals surface area contributed by atoms with Crippen LogP contribution in [0.2, 0.25) is 0 Å². The van der Waals surface area contributed by atoms with Crippen LogP contribution in [0.3, 0.4) is 0 Å². The van der Waals surface area contributed by atoms with Gasteiger partial charge in [0.25, 0.3) is 5.92 Å². The molecule has 0 bridgehead atoms. The average Bonchev–Trinajstić information content (AvgIpc) is 2.38. The van der Waals surface area contributed by atoms with E-state index in [-0.39, 0.29) is 0 Å². The van der Waals surface area contributed by atoms with Crippen LogP contribution in [0, 0.1) is 5.92 Å². The molecule has 0 aliphatic carbocycles. The number of likely N-dealkylation sites (tertiary alicyclic amines) is 1. The molecule has 0 radical (unpaired) electrons. The molecule has 0 aromatic rings. The minimum atomic E-state index is -3.48. The lowest BCUT2D eigenvalue weighted by Gasteiger charge is -2.24. The Kier molecular flexibility index (Phi) is 3.31. The summed E-state index contributed by atoms with van der Waals surface area (Å²) >= 11 is 0. The van der Waals surface area contributed by atoms with E-state index in [0.29, 0.717) is 4.90 Å². The fourth-order valence-electron chi connectivity index (χ4n) is 1.50. The number of rotatable bonds is 1. The molecule has 98 valence electrons. The Morgan fingerprint density at radius 3 is 2.29 bits per heavy atom. The first-order valence-electron chi connectivity index (χ1n) is 5.09. The number of carbonyl (C=O) groups excluding carboxylic acids is 2. The van der Waals surface area contributed by atoms with Crippen molar-refractivity contribution in [3.05, 3.63) is 0 Å². The SMILES string of the molecule is CC(C)(C)OC(=O)N1CC(C(=O)[O-])C(F)(F)C1. The van der Waals surface area contributed by atoms with Crippen LogP contribution in [-0.4, -0.2) is 41.6 Å². The first-order valence-corrected chi connectivity index (χ1v) is 5.09. The number of alkyl halides is 2. The number of carbonyl (C=O) groups is 2. The van der Waals surface area contributed by atoms with Crippen LogP contribution in [0.5, 0.6) is 0 Å². The molecule has 7 heteroatoms. The van der Waals surface area contributed by atoms with Crippen LogP contribution in [0.25, 0.3) is 0 Å². The van der Waals surface area contributed by atoms with Gasteiger partial charge in [0.15, 0.2) is 0 Å². The van der Waals surface area contributed by atoms with Crippen molar-refractivity contribution in [2.45, 2.75) is 32.3 Å². The van der Waals surface area contributed by atoms with Gasteiger partial charge in [0.05, 0.1) is 18.4 Å². The quantitative estimate of drug-likeness (QED) is 0.668. The van der Waals surface area contributed by atoms with Crippen molar-refractivity contribution >= 4 is 12.1 Å². The van der Waals surface area contributed by atoms with Crippen molar-refractivity contribution in [2.24, 2.45) is 5.92 Å². The van der Waals surface area contributed by atoms with Gasteiger partial charge in [-0.15, -0.1) is 0 Å². The molecule has 0 aromatic carbocycles. The Morgan fingerprint density at radius 2 is 1.94 bits per heavy atom. The van der Waals surface area contributed by atoms with Crippen molar-refractivity contribution in [3.63, 3.8) is 0 Å². The van der Waals surface area contributed by atoms with Crippen molar-refractivity contribution in [2.75, 3.05) is 13.1 Å². The molecule has 1 aliphatic rings. The molecule has 0 saturated carbocycles. The second kappa shape index (κ2) is 4.12. The number of aliphatic carboxylic acids is 1. The van der Waals surface area contributed by atoms with Gasteiger partial charge in [-0.2, -0.15) is 0 Å². The monoisotopic (exact) mass is 250 g/mol. The zero-order chi connectivity index (χ0) is 13.4. The van der Waals surface area contributed by atoms with Crippen LogP contribution in [0.4, 0.5) is 13.6 Å². The molecule has 1 atom stereocenters. The van der Waals surface area contributed by atoms with E-state index in [9.17, 15) is 23.5 Å². The predicted molar refractivity (Wildman–Crippen MR) is 51.3 cm³/mol. The average molecular weight is 250 g/mol. The second-order valence-electron chi connectivity index (χ2n) is 4.99. The van der Waals surface area contributed by atoms with Gasteiger partial charge in [-0.25, -0.2) is 13.6 Å². The van der Waals surface area contributed by atoms with Crippen molar-refractivity contribution < 1.29 is 28.2 Å². The molecule has 1 amide bonds. The minimum absolute atomic E-state index is 0.593. The number of hydrogen-bond donors (Lipinski definition) is 0. The van der Waals surface area contributed by atoms with E-state index in [1.807, 2.05) is 0 Å². The zero-order valence-electron chi connectivity index (χ0n) is 9.83. The van der Waals surface area contributed by atoms with Gasteiger partial charge in [0.1, 0.15) is 5.60 Å². The number of carboxylic acid groups (broad SMARTS) is 1. The topological polar surface area (TPSA) is 69.7 Å². The molecule has 17 heavy (non-hydrogen) atoms. The maximum absolute atomic E-state index is 13.2. The van der Waals surface area contributed by atoms with Gasteiger partial charge < -0.3 is 19.5 Å². The van der Waals surface area contributed by atoms with E-state index in [1.165, 1.54) is 0 Å². The maximum atomic E-state index is 13.2. The molecule has 1 rings (SSSR count). The molecule has 0 aromatic heterocycles. The summed E-state index contributed by atoms with van der Waals surface area (Å²) in [5.41, 5.74) is -0.814. The molecule has 5 nitrogen and oxygen atoms in total. The molecule has 1 fully saturated rings. The smallest absolute Gasteiger partial charge is 0.410 e. The third-order valence-electron chi connectivity index (χ3n) is 2.25. The standard InChI is InChI=1S/C10H15F2NO4/c1-9(2,3)17-8(16)13-4-6(7(14)15)10(11,12)5-13/h6H,4-5H2,1-3H3,(H,14,15)/p-1. The Bertz CT molecular complexity index is 338. The van der Waals surface area contributed by atoms with Crippen LogP contribution in [-0.2, 0) is 9.53 Å². The number of ether oxygens (including phenoxy) is 1. The highest BCUT2D eigenvalue weighted by atomic mass is 19.3. The summed E-state index contributed by atoms with van der Waals surface area (Å²) in [6, 6.07) is 0. The molecule has 0 N–H and O–H groups in total. The summed E-state index contributed by atoms with van der Waals surface area (Å²) in [5, 5.41) is 10.5. The number of nitrogens with zero attached hydrogens (tertiary/aromatic N) is 1. The molecule has 0 spiro atoms. The second-order valence-corrected chi connectivity index (χ2v) is 4.99. The number of amides is 1. The van der Waals surface area contributed by atoms with Crippen LogP contribution < -0.4 is 5.11 Å². The highest BCUT2D eigenvalue weighted by molar-refractivity contribution is 5.74. The van der Waals surface area contributed by atoms with Gasteiger partial charge >= 0.3 is 6.09 Å². The maximum Gasteiger partial charge on any atom is 0.410 e. The summed E-state index contributed by atoms with van der Waals surface area (Å²) in [6.45, 7) is 3.23. The molecular weight excluding hydrogens is 236 g/mol. The summed E-state index contributed by atoms with van der Waals surface area (Å²) in [7, 11) is 0. The Morgan fingerprint density at radius 1 is 1.41 bits per heavy atom. The highest BCUT2D eigenvalue weighted by Gasteiger charge is 2.51. The molecular formula is C10H14F2NO4-. The zero-order valence-corrected chi connectivity index (χ0v) is 9.83. The van der Waals surface area contributed by atoms with E-state index in [0.717, 1.165) is 0 Å². The fourth-order valence-corrected chi connectivity index (χ4v) is 1.50. The Balaban J connectivity index is 2.72. The highest BCUT2D eigenvalue weighted by Crippen LogP contribution is 2.33. The molecule has 1 unspecified atom stereocenters. The van der Waals surface area contributed by atoms with E-state index < -0.39 is 42.6 Å². The van der Waals surface area contributed by atoms with Gasteiger partial charge in [-0.1, -0.05) is 0 Å². The summed E-state index contributed by atoms with van der Waals surface area (Å²) in [4.78, 5) is 22.7. The van der Waals surface area contributed by atoms with E-state index in [2.05, 4.69) is 0 Å². The molecule has 1 heterocycles.